The molecule has 1 heterocycles. The topological polar surface area (TPSA) is 39.1 Å². The van der Waals surface area contributed by atoms with E-state index in [4.69, 9.17) is 4.74 Å². The second-order valence-electron chi connectivity index (χ2n) is 5.81. The zero-order valence-corrected chi connectivity index (χ0v) is 14.1. The quantitative estimate of drug-likeness (QED) is 0.707. The summed E-state index contributed by atoms with van der Waals surface area (Å²) in [6.45, 7) is 3.56. The minimum absolute atomic E-state index is 0.0896. The molecular weight excluding hydrogens is 298 g/mol. The Morgan fingerprint density at radius 1 is 1.12 bits per heavy atom. The van der Waals surface area contributed by atoms with E-state index in [1.54, 1.807) is 7.11 Å². The maximum Gasteiger partial charge on any atom is 0.128 e. The standard InChI is InChI=1S/C20H23N3O/c1-16(24-2)18-9-6-10-19(13-18)22-14-20-21-11-12-23(20)15-17-7-4-3-5-8-17/h3-13,16,22H,14-15H2,1-2H3/t16-/m1/s1. The van der Waals surface area contributed by atoms with Crippen molar-refractivity contribution in [2.45, 2.75) is 26.1 Å². The fourth-order valence-corrected chi connectivity index (χ4v) is 2.65. The van der Waals surface area contributed by atoms with Crippen molar-refractivity contribution in [3.05, 3.63) is 83.9 Å². The van der Waals surface area contributed by atoms with Gasteiger partial charge in [-0.25, -0.2) is 4.98 Å². The molecule has 0 spiro atoms. The molecule has 1 aromatic heterocycles. The average molecular weight is 321 g/mol. The second-order valence-corrected chi connectivity index (χ2v) is 5.81. The summed E-state index contributed by atoms with van der Waals surface area (Å²) < 4.78 is 7.55. The van der Waals surface area contributed by atoms with Gasteiger partial charge in [-0.3, -0.25) is 0 Å². The van der Waals surface area contributed by atoms with Gasteiger partial charge in [0.05, 0.1) is 12.6 Å². The van der Waals surface area contributed by atoms with Gasteiger partial charge in [-0.05, 0) is 30.2 Å². The summed E-state index contributed by atoms with van der Waals surface area (Å²) >= 11 is 0. The monoisotopic (exact) mass is 321 g/mol. The van der Waals surface area contributed by atoms with Crippen molar-refractivity contribution in [2.75, 3.05) is 12.4 Å². The van der Waals surface area contributed by atoms with Crippen LogP contribution in [0, 0.1) is 0 Å². The predicted molar refractivity (Wildman–Crippen MR) is 97.0 cm³/mol. The number of anilines is 1. The normalized spacial score (nSPS) is 12.1. The molecule has 0 unspecified atom stereocenters. The number of nitrogens with zero attached hydrogens (tertiary/aromatic N) is 2. The van der Waals surface area contributed by atoms with Gasteiger partial charge in [-0.1, -0.05) is 42.5 Å². The Morgan fingerprint density at radius 2 is 1.96 bits per heavy atom. The zero-order valence-electron chi connectivity index (χ0n) is 14.1. The Balaban J connectivity index is 1.66. The van der Waals surface area contributed by atoms with E-state index in [2.05, 4.69) is 57.3 Å². The number of aromatic nitrogens is 2. The van der Waals surface area contributed by atoms with E-state index in [0.717, 1.165) is 23.6 Å². The van der Waals surface area contributed by atoms with E-state index in [0.29, 0.717) is 6.54 Å². The summed E-state index contributed by atoms with van der Waals surface area (Å²) in [5.74, 6) is 1.02. The molecule has 0 radical (unpaired) electrons. The Morgan fingerprint density at radius 3 is 2.75 bits per heavy atom. The van der Waals surface area contributed by atoms with E-state index in [1.165, 1.54) is 5.56 Å². The Bertz CT molecular complexity index is 767. The van der Waals surface area contributed by atoms with Crippen LogP contribution in [0.1, 0.15) is 30.0 Å². The van der Waals surface area contributed by atoms with Crippen molar-refractivity contribution >= 4 is 5.69 Å². The molecule has 124 valence electrons. The Hall–Kier alpha value is -2.59. The molecular formula is C20H23N3O. The molecule has 0 aliphatic rings. The maximum absolute atomic E-state index is 5.38. The number of nitrogens with one attached hydrogen (secondary N) is 1. The van der Waals surface area contributed by atoms with Crippen molar-refractivity contribution in [3.63, 3.8) is 0 Å². The van der Waals surface area contributed by atoms with Crippen LogP contribution < -0.4 is 5.32 Å². The van der Waals surface area contributed by atoms with Gasteiger partial charge in [0.2, 0.25) is 0 Å². The average Bonchev–Trinajstić information content (AvgIpc) is 3.07. The Labute approximate surface area is 143 Å². The fourth-order valence-electron chi connectivity index (χ4n) is 2.65. The molecule has 4 nitrogen and oxygen atoms in total. The van der Waals surface area contributed by atoms with Gasteiger partial charge in [0.15, 0.2) is 0 Å². The number of rotatable bonds is 7. The molecule has 0 saturated carbocycles. The number of imidazole rings is 1. The van der Waals surface area contributed by atoms with Crippen LogP contribution in [-0.4, -0.2) is 16.7 Å². The first kappa shape index (κ1) is 16.3. The van der Waals surface area contributed by atoms with E-state index in [9.17, 15) is 0 Å². The van der Waals surface area contributed by atoms with Crippen LogP contribution in [0.25, 0.3) is 0 Å². The fraction of sp³-hybridized carbons (Fsp3) is 0.250. The number of hydrogen-bond acceptors (Lipinski definition) is 3. The van der Waals surface area contributed by atoms with Crippen LogP contribution in [0.15, 0.2) is 67.0 Å². The highest BCUT2D eigenvalue weighted by Gasteiger charge is 2.06. The third-order valence-corrected chi connectivity index (χ3v) is 4.16. The van der Waals surface area contributed by atoms with Crippen LogP contribution >= 0.6 is 0 Å². The highest BCUT2D eigenvalue weighted by atomic mass is 16.5. The molecule has 0 aliphatic heterocycles. The minimum atomic E-state index is 0.0896. The van der Waals surface area contributed by atoms with Gasteiger partial charge in [-0.15, -0.1) is 0 Å². The SMILES string of the molecule is CO[C@H](C)c1cccc(NCc2nccn2Cc2ccccc2)c1. The molecule has 0 saturated heterocycles. The summed E-state index contributed by atoms with van der Waals surface area (Å²) in [5.41, 5.74) is 3.51. The third kappa shape index (κ3) is 4.03. The van der Waals surface area contributed by atoms with Crippen LogP contribution in [-0.2, 0) is 17.8 Å². The summed E-state index contributed by atoms with van der Waals surface area (Å²) in [4.78, 5) is 4.48. The number of ether oxygens (including phenoxy) is 1. The first-order valence-electron chi connectivity index (χ1n) is 8.17. The largest absolute Gasteiger partial charge is 0.378 e. The second kappa shape index (κ2) is 7.79. The molecule has 4 heteroatoms. The minimum Gasteiger partial charge on any atom is -0.378 e. The van der Waals surface area contributed by atoms with Crippen LogP contribution in [0.3, 0.4) is 0 Å². The molecule has 2 aromatic carbocycles. The van der Waals surface area contributed by atoms with Crippen molar-refractivity contribution in [3.8, 4) is 0 Å². The van der Waals surface area contributed by atoms with Gasteiger partial charge >= 0.3 is 0 Å². The lowest BCUT2D eigenvalue weighted by atomic mass is 10.1. The van der Waals surface area contributed by atoms with Gasteiger partial charge in [0.1, 0.15) is 5.82 Å². The summed E-state index contributed by atoms with van der Waals surface area (Å²) in [7, 11) is 1.73. The van der Waals surface area contributed by atoms with Crippen molar-refractivity contribution < 1.29 is 4.74 Å². The highest BCUT2D eigenvalue weighted by Crippen LogP contribution is 2.20. The first-order chi connectivity index (χ1) is 11.8. The number of benzene rings is 2. The van der Waals surface area contributed by atoms with E-state index >= 15 is 0 Å². The smallest absolute Gasteiger partial charge is 0.128 e. The molecule has 0 bridgehead atoms. The lowest BCUT2D eigenvalue weighted by Crippen LogP contribution is -2.09. The van der Waals surface area contributed by atoms with Gasteiger partial charge in [-0.2, -0.15) is 0 Å². The number of hydrogen-bond donors (Lipinski definition) is 1. The van der Waals surface area contributed by atoms with Gasteiger partial charge in [0, 0.05) is 31.7 Å². The summed E-state index contributed by atoms with van der Waals surface area (Å²) in [5, 5.41) is 3.45. The van der Waals surface area contributed by atoms with Gasteiger partial charge in [0.25, 0.3) is 0 Å². The zero-order chi connectivity index (χ0) is 16.8. The predicted octanol–water partition coefficient (Wildman–Crippen LogP) is 4.25. The Kier molecular flexibility index (Phi) is 5.29. The maximum atomic E-state index is 5.38. The lowest BCUT2D eigenvalue weighted by Gasteiger charge is -2.13. The van der Waals surface area contributed by atoms with Crippen molar-refractivity contribution in [1.82, 2.24) is 9.55 Å². The van der Waals surface area contributed by atoms with E-state index in [-0.39, 0.29) is 6.10 Å². The number of methoxy groups -OCH3 is 1. The molecule has 3 aromatic rings. The highest BCUT2D eigenvalue weighted by molar-refractivity contribution is 5.46. The molecule has 3 rings (SSSR count). The lowest BCUT2D eigenvalue weighted by molar-refractivity contribution is 0.119. The molecule has 1 N–H and O–H groups in total. The van der Waals surface area contributed by atoms with Gasteiger partial charge < -0.3 is 14.6 Å². The van der Waals surface area contributed by atoms with Crippen LogP contribution in [0.2, 0.25) is 0 Å². The third-order valence-electron chi connectivity index (χ3n) is 4.16. The molecule has 0 aliphatic carbocycles. The molecule has 0 amide bonds. The van der Waals surface area contributed by atoms with E-state index < -0.39 is 0 Å². The summed E-state index contributed by atoms with van der Waals surface area (Å²) in [6.07, 6.45) is 3.96. The van der Waals surface area contributed by atoms with Crippen molar-refractivity contribution in [1.29, 1.82) is 0 Å². The molecule has 1 atom stereocenters. The van der Waals surface area contributed by atoms with Crippen molar-refractivity contribution in [2.24, 2.45) is 0 Å². The van der Waals surface area contributed by atoms with Crippen LogP contribution in [0.4, 0.5) is 5.69 Å². The molecule has 24 heavy (non-hydrogen) atoms. The van der Waals surface area contributed by atoms with Crippen LogP contribution in [0.5, 0.6) is 0 Å². The first-order valence-corrected chi connectivity index (χ1v) is 8.17. The summed E-state index contributed by atoms with van der Waals surface area (Å²) in [6, 6.07) is 18.7. The molecule has 0 fully saturated rings. The van der Waals surface area contributed by atoms with E-state index in [1.807, 2.05) is 31.5 Å².